The van der Waals surface area contributed by atoms with E-state index in [0.29, 0.717) is 17.0 Å². The van der Waals surface area contributed by atoms with Crippen LogP contribution >= 0.6 is 0 Å². The van der Waals surface area contributed by atoms with E-state index >= 15 is 0 Å². The third kappa shape index (κ3) is 4.55. The Labute approximate surface area is 165 Å². The van der Waals surface area contributed by atoms with Gasteiger partial charge in [0.05, 0.1) is 0 Å². The van der Waals surface area contributed by atoms with Crippen molar-refractivity contribution in [1.29, 1.82) is 0 Å². The van der Waals surface area contributed by atoms with Crippen molar-refractivity contribution in [2.75, 3.05) is 0 Å². The summed E-state index contributed by atoms with van der Waals surface area (Å²) >= 11 is 0. The molecule has 1 aromatic heterocycles. The van der Waals surface area contributed by atoms with Crippen LogP contribution in [-0.2, 0) is 4.74 Å². The number of rotatable bonds is 7. The van der Waals surface area contributed by atoms with Crippen LogP contribution < -0.4 is 0 Å². The highest BCUT2D eigenvalue weighted by atomic mass is 16.5. The zero-order chi connectivity index (χ0) is 19.4. The lowest BCUT2D eigenvalue weighted by molar-refractivity contribution is -0.0476. The fraction of sp³-hybridized carbons (Fsp3) is 0.750. The van der Waals surface area contributed by atoms with Gasteiger partial charge >= 0.3 is 5.97 Å². The lowest BCUT2D eigenvalue weighted by Gasteiger charge is -2.46. The summed E-state index contributed by atoms with van der Waals surface area (Å²) in [4.78, 5) is 16.7. The first kappa shape index (κ1) is 20.4. The van der Waals surface area contributed by atoms with E-state index in [1.807, 2.05) is 12.1 Å². The van der Waals surface area contributed by atoms with E-state index in [1.54, 1.807) is 12.3 Å². The normalized spacial score (nSPS) is 31.5. The summed E-state index contributed by atoms with van der Waals surface area (Å²) in [5.74, 6) is 2.60. The first-order valence-corrected chi connectivity index (χ1v) is 11.0. The molecule has 2 aliphatic rings. The van der Waals surface area contributed by atoms with Crippen LogP contribution in [0.15, 0.2) is 24.4 Å². The van der Waals surface area contributed by atoms with Crippen LogP contribution in [0.5, 0.6) is 0 Å². The van der Waals surface area contributed by atoms with E-state index in [0.717, 1.165) is 24.2 Å². The second-order valence-electron chi connectivity index (χ2n) is 9.65. The molecule has 0 spiro atoms. The van der Waals surface area contributed by atoms with Gasteiger partial charge in [0, 0.05) is 12.1 Å². The topological polar surface area (TPSA) is 39.2 Å². The third-order valence-electron chi connectivity index (χ3n) is 7.40. The van der Waals surface area contributed by atoms with Crippen LogP contribution in [0, 0.1) is 29.1 Å². The Morgan fingerprint density at radius 2 is 2.04 bits per heavy atom. The Balaban J connectivity index is 1.64. The predicted octanol–water partition coefficient (Wildman–Crippen LogP) is 6.29. The van der Waals surface area contributed by atoms with Crippen molar-refractivity contribution in [2.45, 2.75) is 85.2 Å². The number of carbonyl (C=O) groups excluding carboxylic acids is 1. The monoisotopic (exact) mass is 371 g/mol. The fourth-order valence-corrected chi connectivity index (χ4v) is 5.97. The molecular formula is C24H37NO2. The number of ether oxygens (including phenoxy) is 1. The van der Waals surface area contributed by atoms with Gasteiger partial charge in [-0.25, -0.2) is 9.78 Å². The van der Waals surface area contributed by atoms with Gasteiger partial charge in [0.2, 0.25) is 0 Å². The van der Waals surface area contributed by atoms with Crippen LogP contribution in [0.1, 0.15) is 89.5 Å². The second kappa shape index (κ2) is 8.75. The van der Waals surface area contributed by atoms with Gasteiger partial charge in [-0.2, -0.15) is 0 Å². The smallest absolute Gasteiger partial charge is 0.357 e. The Bertz CT molecular complexity index is 614. The van der Waals surface area contributed by atoms with E-state index in [9.17, 15) is 4.79 Å². The molecule has 3 nitrogen and oxygen atoms in total. The fourth-order valence-electron chi connectivity index (χ4n) is 5.97. The summed E-state index contributed by atoms with van der Waals surface area (Å²) in [5.41, 5.74) is 0.756. The van der Waals surface area contributed by atoms with Crippen molar-refractivity contribution in [2.24, 2.45) is 29.1 Å². The molecule has 0 unspecified atom stereocenters. The molecular weight excluding hydrogens is 334 g/mol. The molecule has 0 N–H and O–H groups in total. The van der Waals surface area contributed by atoms with Gasteiger partial charge in [-0.05, 0) is 67.4 Å². The SMILES string of the molecule is CC(C)CCC[C@@H](C)[C@H]1CC[C@H]2[C@@H](OC(=O)c3ccccn3)CCC[C@]12C. The van der Waals surface area contributed by atoms with Crippen molar-refractivity contribution in [3.05, 3.63) is 30.1 Å². The van der Waals surface area contributed by atoms with Gasteiger partial charge in [0.15, 0.2) is 0 Å². The quantitative estimate of drug-likeness (QED) is 0.529. The van der Waals surface area contributed by atoms with E-state index in [4.69, 9.17) is 4.74 Å². The van der Waals surface area contributed by atoms with E-state index in [2.05, 4.69) is 32.7 Å². The highest BCUT2D eigenvalue weighted by molar-refractivity contribution is 5.87. The summed E-state index contributed by atoms with van der Waals surface area (Å²) in [6, 6.07) is 5.42. The average molecular weight is 372 g/mol. The molecule has 3 heteroatoms. The number of pyridine rings is 1. The zero-order valence-corrected chi connectivity index (χ0v) is 17.6. The number of hydrogen-bond acceptors (Lipinski definition) is 3. The molecule has 0 bridgehead atoms. The molecule has 3 rings (SSSR count). The maximum atomic E-state index is 12.5. The van der Waals surface area contributed by atoms with Gasteiger partial charge < -0.3 is 4.74 Å². The maximum Gasteiger partial charge on any atom is 0.357 e. The Morgan fingerprint density at radius 1 is 1.22 bits per heavy atom. The molecule has 0 aromatic carbocycles. The average Bonchev–Trinajstić information content (AvgIpc) is 3.00. The Morgan fingerprint density at radius 3 is 2.74 bits per heavy atom. The molecule has 2 aliphatic carbocycles. The van der Waals surface area contributed by atoms with E-state index in [1.165, 1.54) is 44.9 Å². The molecule has 2 fully saturated rings. The van der Waals surface area contributed by atoms with Gasteiger partial charge in [-0.3, -0.25) is 0 Å². The van der Waals surface area contributed by atoms with Crippen LogP contribution in [0.2, 0.25) is 0 Å². The van der Waals surface area contributed by atoms with Crippen LogP contribution in [0.4, 0.5) is 0 Å². The zero-order valence-electron chi connectivity index (χ0n) is 17.6. The van der Waals surface area contributed by atoms with Crippen molar-refractivity contribution in [3.63, 3.8) is 0 Å². The van der Waals surface area contributed by atoms with Gasteiger partial charge in [0.25, 0.3) is 0 Å². The van der Waals surface area contributed by atoms with Crippen LogP contribution in [0.25, 0.3) is 0 Å². The second-order valence-corrected chi connectivity index (χ2v) is 9.65. The highest BCUT2D eigenvalue weighted by Gasteiger charge is 2.53. The lowest BCUT2D eigenvalue weighted by atomic mass is 9.61. The molecule has 2 saturated carbocycles. The van der Waals surface area contributed by atoms with E-state index in [-0.39, 0.29) is 12.1 Å². The summed E-state index contributed by atoms with van der Waals surface area (Å²) in [7, 11) is 0. The predicted molar refractivity (Wildman–Crippen MR) is 109 cm³/mol. The first-order valence-electron chi connectivity index (χ1n) is 11.0. The number of aromatic nitrogens is 1. The molecule has 150 valence electrons. The van der Waals surface area contributed by atoms with E-state index < -0.39 is 0 Å². The molecule has 0 amide bonds. The highest BCUT2D eigenvalue weighted by Crippen LogP contribution is 2.58. The summed E-state index contributed by atoms with van der Waals surface area (Å²) in [6.07, 6.45) is 11.7. The summed E-state index contributed by atoms with van der Waals surface area (Å²) < 4.78 is 6.00. The van der Waals surface area contributed by atoms with Crippen LogP contribution in [0.3, 0.4) is 0 Å². The third-order valence-corrected chi connectivity index (χ3v) is 7.40. The van der Waals surface area contributed by atoms with Gasteiger partial charge in [-0.15, -0.1) is 0 Å². The number of nitrogens with zero attached hydrogens (tertiary/aromatic N) is 1. The van der Waals surface area contributed by atoms with Crippen LogP contribution in [-0.4, -0.2) is 17.1 Å². The Kier molecular flexibility index (Phi) is 6.60. The molecule has 5 atom stereocenters. The lowest BCUT2D eigenvalue weighted by Crippen LogP contribution is -2.43. The summed E-state index contributed by atoms with van der Waals surface area (Å²) in [6.45, 7) is 9.58. The van der Waals surface area contributed by atoms with Crippen molar-refractivity contribution < 1.29 is 9.53 Å². The standard InChI is InChI=1S/C24H37NO2/c1-17(2)9-7-10-18(3)19-13-14-20-22(12-8-15-24(19,20)4)27-23(26)21-11-5-6-16-25-21/h5-6,11,16-20,22H,7-10,12-15H2,1-4H3/t18-,19-,20+,22+,24-/m1/s1. The first-order chi connectivity index (χ1) is 12.9. The molecule has 1 aromatic rings. The largest absolute Gasteiger partial charge is 0.457 e. The number of esters is 1. The molecule has 1 heterocycles. The molecule has 0 aliphatic heterocycles. The molecule has 0 radical (unpaired) electrons. The minimum atomic E-state index is -0.252. The number of carbonyl (C=O) groups is 1. The van der Waals surface area contributed by atoms with Crippen molar-refractivity contribution in [1.82, 2.24) is 4.98 Å². The minimum Gasteiger partial charge on any atom is -0.457 e. The molecule has 0 saturated heterocycles. The molecule has 27 heavy (non-hydrogen) atoms. The maximum absolute atomic E-state index is 12.5. The summed E-state index contributed by atoms with van der Waals surface area (Å²) in [5, 5.41) is 0. The van der Waals surface area contributed by atoms with Gasteiger partial charge in [0.1, 0.15) is 11.8 Å². The van der Waals surface area contributed by atoms with Crippen molar-refractivity contribution in [3.8, 4) is 0 Å². The van der Waals surface area contributed by atoms with Gasteiger partial charge in [-0.1, -0.05) is 53.0 Å². The van der Waals surface area contributed by atoms with Crippen molar-refractivity contribution >= 4 is 5.97 Å². The number of hydrogen-bond donors (Lipinski definition) is 0. The Hall–Kier alpha value is -1.38. The number of fused-ring (bicyclic) bond motifs is 1. The minimum absolute atomic E-state index is 0.0612.